The molecule has 3 aromatic heterocycles. The molecule has 0 aromatic carbocycles. The van der Waals surface area contributed by atoms with Gasteiger partial charge in [0.15, 0.2) is 11.9 Å². The fourth-order valence-corrected chi connectivity index (χ4v) is 2.28. The van der Waals surface area contributed by atoms with E-state index in [1.54, 1.807) is 12.1 Å². The topological polar surface area (TPSA) is 52.3 Å². The monoisotopic (exact) mass is 372 g/mol. The molecule has 1 unspecified atom stereocenters. The third-order valence-electron chi connectivity index (χ3n) is 3.71. The number of hydrogen-bond donors (Lipinski definition) is 0. The quantitative estimate of drug-likeness (QED) is 0.641. The molecule has 0 spiro atoms. The molecule has 0 aliphatic carbocycles. The average Bonchev–Trinajstić information content (AvgIpc) is 2.99. The molecule has 5 nitrogen and oxygen atoms in total. The van der Waals surface area contributed by atoms with Gasteiger partial charge in [0.05, 0.1) is 5.52 Å². The summed E-state index contributed by atoms with van der Waals surface area (Å²) in [6.45, 7) is 2.07. The summed E-state index contributed by atoms with van der Waals surface area (Å²) in [4.78, 5) is 3.62. The number of aromatic nitrogens is 4. The lowest BCUT2D eigenvalue weighted by Crippen LogP contribution is -2.31. The second kappa shape index (κ2) is 6.50. The molecular weight excluding hydrogens is 359 g/mol. The molecule has 3 rings (SSSR count). The maximum atomic E-state index is 14.1. The van der Waals surface area contributed by atoms with E-state index in [4.69, 9.17) is 0 Å². The third-order valence-corrected chi connectivity index (χ3v) is 3.71. The molecule has 26 heavy (non-hydrogen) atoms. The van der Waals surface area contributed by atoms with Gasteiger partial charge in [0.1, 0.15) is 11.9 Å². The van der Waals surface area contributed by atoms with Crippen molar-refractivity contribution in [3.05, 3.63) is 42.1 Å². The van der Waals surface area contributed by atoms with E-state index in [1.807, 2.05) is 0 Å². The highest BCUT2D eigenvalue weighted by atomic mass is 19.4. The van der Waals surface area contributed by atoms with Gasteiger partial charge in [-0.15, -0.1) is 5.10 Å². The Morgan fingerprint density at radius 1 is 1.15 bits per heavy atom. The van der Waals surface area contributed by atoms with Crippen LogP contribution < -0.4 is 4.74 Å². The molecule has 0 saturated carbocycles. The SMILES string of the molecule is CC(F)c1nnn2ccc(-c3cnc(O[C@H](C)C(F)(F)F)c(F)c3)cc12. The Hall–Kier alpha value is -2.78. The molecule has 0 aliphatic heterocycles. The summed E-state index contributed by atoms with van der Waals surface area (Å²) in [7, 11) is 0. The molecule has 10 heteroatoms. The lowest BCUT2D eigenvalue weighted by Gasteiger charge is -2.17. The van der Waals surface area contributed by atoms with E-state index in [9.17, 15) is 22.0 Å². The number of halogens is 5. The molecule has 0 saturated heterocycles. The Morgan fingerprint density at radius 2 is 1.88 bits per heavy atom. The number of nitrogens with zero attached hydrogens (tertiary/aromatic N) is 4. The summed E-state index contributed by atoms with van der Waals surface area (Å²) >= 11 is 0. The molecule has 0 aliphatic rings. The fourth-order valence-electron chi connectivity index (χ4n) is 2.28. The summed E-state index contributed by atoms with van der Waals surface area (Å²) in [5, 5.41) is 7.51. The normalized spacial score (nSPS) is 14.4. The Bertz CT molecular complexity index is 938. The van der Waals surface area contributed by atoms with Crippen molar-refractivity contribution in [1.82, 2.24) is 19.8 Å². The smallest absolute Gasteiger partial charge is 0.425 e. The van der Waals surface area contributed by atoms with E-state index in [1.165, 1.54) is 23.8 Å². The molecule has 0 radical (unpaired) electrons. The van der Waals surface area contributed by atoms with Crippen LogP contribution in [-0.4, -0.2) is 32.1 Å². The lowest BCUT2D eigenvalue weighted by molar-refractivity contribution is -0.190. The van der Waals surface area contributed by atoms with Crippen molar-refractivity contribution in [1.29, 1.82) is 0 Å². The minimum Gasteiger partial charge on any atom is -0.463 e. The second-order valence-electron chi connectivity index (χ2n) is 5.65. The zero-order valence-electron chi connectivity index (χ0n) is 13.6. The molecule has 3 aromatic rings. The van der Waals surface area contributed by atoms with E-state index >= 15 is 0 Å². The van der Waals surface area contributed by atoms with Gasteiger partial charge in [0, 0.05) is 18.0 Å². The van der Waals surface area contributed by atoms with E-state index < -0.39 is 30.1 Å². The maximum Gasteiger partial charge on any atom is 0.425 e. The number of ether oxygens (including phenoxy) is 1. The van der Waals surface area contributed by atoms with Gasteiger partial charge >= 0.3 is 6.18 Å². The van der Waals surface area contributed by atoms with Gasteiger partial charge in [-0.05, 0) is 37.6 Å². The predicted molar refractivity (Wildman–Crippen MR) is 81.8 cm³/mol. The minimum atomic E-state index is -4.63. The standard InChI is InChI=1S/C16H13F5N4O/c1-8(17)14-13-6-10(3-4-25(13)24-23-14)11-5-12(18)15(22-7-11)26-9(2)16(19,20)21/h3-9H,1-2H3/t8?,9-/m1/s1. The van der Waals surface area contributed by atoms with Gasteiger partial charge in [-0.1, -0.05) is 5.21 Å². The van der Waals surface area contributed by atoms with E-state index in [-0.39, 0.29) is 11.3 Å². The first-order valence-electron chi connectivity index (χ1n) is 7.55. The second-order valence-corrected chi connectivity index (χ2v) is 5.65. The average molecular weight is 372 g/mol. The molecule has 0 N–H and O–H groups in total. The van der Waals surface area contributed by atoms with Crippen molar-refractivity contribution in [2.45, 2.75) is 32.3 Å². The van der Waals surface area contributed by atoms with Crippen LogP contribution in [0.15, 0.2) is 30.6 Å². The minimum absolute atomic E-state index is 0.124. The van der Waals surface area contributed by atoms with Crippen LogP contribution in [0.5, 0.6) is 5.88 Å². The van der Waals surface area contributed by atoms with Gasteiger partial charge in [0.2, 0.25) is 0 Å². The lowest BCUT2D eigenvalue weighted by atomic mass is 10.1. The van der Waals surface area contributed by atoms with Gasteiger partial charge in [-0.3, -0.25) is 0 Å². The van der Waals surface area contributed by atoms with Gasteiger partial charge in [-0.25, -0.2) is 18.3 Å². The molecule has 0 fully saturated rings. The van der Waals surface area contributed by atoms with Crippen molar-refractivity contribution in [2.24, 2.45) is 0 Å². The van der Waals surface area contributed by atoms with Crippen molar-refractivity contribution in [2.75, 3.05) is 0 Å². The van der Waals surface area contributed by atoms with Gasteiger partial charge < -0.3 is 4.74 Å². The van der Waals surface area contributed by atoms with Crippen molar-refractivity contribution < 1.29 is 26.7 Å². The van der Waals surface area contributed by atoms with Crippen LogP contribution in [0, 0.1) is 5.82 Å². The molecule has 0 amide bonds. The fraction of sp³-hybridized carbons (Fsp3) is 0.312. The number of hydrogen-bond acceptors (Lipinski definition) is 4. The van der Waals surface area contributed by atoms with Crippen LogP contribution in [0.2, 0.25) is 0 Å². The van der Waals surface area contributed by atoms with E-state index in [0.717, 1.165) is 13.0 Å². The largest absolute Gasteiger partial charge is 0.463 e. The first-order chi connectivity index (χ1) is 12.2. The van der Waals surface area contributed by atoms with Crippen molar-refractivity contribution in [3.63, 3.8) is 0 Å². The van der Waals surface area contributed by atoms with E-state index in [2.05, 4.69) is 20.0 Å². The summed E-state index contributed by atoms with van der Waals surface area (Å²) in [6, 6.07) is 4.12. The highest BCUT2D eigenvalue weighted by molar-refractivity contribution is 5.69. The summed E-state index contributed by atoms with van der Waals surface area (Å²) in [6.07, 6.45) is -5.49. The third kappa shape index (κ3) is 3.44. The van der Waals surface area contributed by atoms with Crippen LogP contribution in [0.1, 0.15) is 25.7 Å². The van der Waals surface area contributed by atoms with Crippen LogP contribution in [-0.2, 0) is 0 Å². The highest BCUT2D eigenvalue weighted by Crippen LogP contribution is 2.29. The molecule has 3 heterocycles. The number of alkyl halides is 4. The number of rotatable bonds is 4. The summed E-state index contributed by atoms with van der Waals surface area (Å²) in [5.74, 6) is -1.78. The van der Waals surface area contributed by atoms with Gasteiger partial charge in [-0.2, -0.15) is 13.2 Å². The molecule has 138 valence electrons. The van der Waals surface area contributed by atoms with E-state index in [0.29, 0.717) is 11.1 Å². The number of fused-ring (bicyclic) bond motifs is 1. The zero-order chi connectivity index (χ0) is 19.1. The Kier molecular flexibility index (Phi) is 4.51. The Morgan fingerprint density at radius 3 is 2.50 bits per heavy atom. The molecular formula is C16H13F5N4O. The maximum absolute atomic E-state index is 14.1. The van der Waals surface area contributed by atoms with Crippen molar-refractivity contribution >= 4 is 5.52 Å². The molecule has 0 bridgehead atoms. The number of pyridine rings is 2. The first kappa shape index (κ1) is 18.0. The Balaban J connectivity index is 1.94. The van der Waals surface area contributed by atoms with Crippen LogP contribution in [0.3, 0.4) is 0 Å². The predicted octanol–water partition coefficient (Wildman–Crippen LogP) is 4.29. The molecule has 2 atom stereocenters. The summed E-state index contributed by atoms with van der Waals surface area (Å²) < 4.78 is 71.1. The summed E-state index contributed by atoms with van der Waals surface area (Å²) in [5.41, 5.74) is 1.28. The first-order valence-corrected chi connectivity index (χ1v) is 7.55. The zero-order valence-corrected chi connectivity index (χ0v) is 13.6. The highest BCUT2D eigenvalue weighted by Gasteiger charge is 2.38. The van der Waals surface area contributed by atoms with Crippen LogP contribution in [0.4, 0.5) is 22.0 Å². The van der Waals surface area contributed by atoms with Crippen LogP contribution >= 0.6 is 0 Å². The van der Waals surface area contributed by atoms with Crippen LogP contribution in [0.25, 0.3) is 16.6 Å². The van der Waals surface area contributed by atoms with Crippen molar-refractivity contribution in [3.8, 4) is 17.0 Å². The van der Waals surface area contributed by atoms with Gasteiger partial charge in [0.25, 0.3) is 5.88 Å². The Labute approximate surface area is 144 Å².